The summed E-state index contributed by atoms with van der Waals surface area (Å²) < 4.78 is 19.6. The molecule has 1 heterocycles. The summed E-state index contributed by atoms with van der Waals surface area (Å²) in [6, 6.07) is 26.4. The van der Waals surface area contributed by atoms with Gasteiger partial charge in [-0.05, 0) is 78.6 Å². The molecular weight excluding hydrogens is 539 g/mol. The van der Waals surface area contributed by atoms with Crippen LogP contribution in [0.1, 0.15) is 53.0 Å². The van der Waals surface area contributed by atoms with E-state index in [1.807, 2.05) is 42.5 Å². The van der Waals surface area contributed by atoms with Crippen molar-refractivity contribution in [2.24, 2.45) is 0 Å². The minimum Gasteiger partial charge on any atom is -0.455 e. The van der Waals surface area contributed by atoms with Gasteiger partial charge in [-0.2, -0.15) is 0 Å². The van der Waals surface area contributed by atoms with E-state index >= 15 is 0 Å². The molecule has 0 aliphatic rings. The highest BCUT2D eigenvalue weighted by Crippen LogP contribution is 2.38. The lowest BCUT2D eigenvalue weighted by atomic mass is 9.84. The van der Waals surface area contributed by atoms with Gasteiger partial charge in [0.15, 0.2) is 0 Å². The summed E-state index contributed by atoms with van der Waals surface area (Å²) in [5.41, 5.74) is 3.78. The van der Waals surface area contributed by atoms with Crippen LogP contribution in [-0.2, 0) is 5.54 Å². The Labute approximate surface area is 243 Å². The summed E-state index contributed by atoms with van der Waals surface area (Å²) in [4.78, 5) is 26.6. The average Bonchev–Trinajstić information content (AvgIpc) is 3.39. The fourth-order valence-electron chi connectivity index (χ4n) is 5.26. The maximum atomic E-state index is 13.6. The number of carbonyl (C=O) groups excluding carboxylic acids is 2. The lowest BCUT2D eigenvalue weighted by Gasteiger charge is -2.33. The van der Waals surface area contributed by atoms with Crippen LogP contribution in [0.5, 0.6) is 0 Å². The van der Waals surface area contributed by atoms with Crippen LogP contribution in [0.25, 0.3) is 33.4 Å². The SMILES string of the molecule is CCC(CC)(NC(=O)c1ccc(Cl)c(-c2ccc3oc(-c4ccc(F)cc4)c(C(=O)NC)c3c2)c1)c1ccccc1. The summed E-state index contributed by atoms with van der Waals surface area (Å²) in [5.74, 6) is -0.585. The van der Waals surface area contributed by atoms with Crippen LogP contribution in [0.2, 0.25) is 5.02 Å². The summed E-state index contributed by atoms with van der Waals surface area (Å²) in [6.07, 6.45) is 1.46. The van der Waals surface area contributed by atoms with Gasteiger partial charge in [0.25, 0.3) is 11.8 Å². The van der Waals surface area contributed by atoms with Crippen LogP contribution in [-0.4, -0.2) is 18.9 Å². The first-order valence-corrected chi connectivity index (χ1v) is 13.9. The average molecular weight is 569 g/mol. The first-order valence-electron chi connectivity index (χ1n) is 13.5. The third kappa shape index (κ3) is 5.35. The Morgan fingerprint density at radius 3 is 2.20 bits per heavy atom. The number of furan rings is 1. The predicted octanol–water partition coefficient (Wildman–Crippen LogP) is 8.36. The van der Waals surface area contributed by atoms with E-state index in [-0.39, 0.29) is 17.6 Å². The Kier molecular flexibility index (Phi) is 7.95. The first-order chi connectivity index (χ1) is 19.8. The van der Waals surface area contributed by atoms with Crippen molar-refractivity contribution >= 4 is 34.4 Å². The van der Waals surface area contributed by atoms with Gasteiger partial charge in [0.2, 0.25) is 0 Å². The van der Waals surface area contributed by atoms with E-state index in [9.17, 15) is 14.0 Å². The zero-order chi connectivity index (χ0) is 29.1. The van der Waals surface area contributed by atoms with E-state index in [0.29, 0.717) is 49.6 Å². The Balaban J connectivity index is 1.56. The highest BCUT2D eigenvalue weighted by Gasteiger charge is 2.30. The van der Waals surface area contributed by atoms with Gasteiger partial charge in [-0.1, -0.05) is 61.8 Å². The molecule has 0 spiro atoms. The molecule has 0 fully saturated rings. The number of amides is 2. The molecule has 0 saturated heterocycles. The van der Waals surface area contributed by atoms with Crippen LogP contribution < -0.4 is 10.6 Å². The molecule has 0 aliphatic carbocycles. The van der Waals surface area contributed by atoms with Crippen LogP contribution in [0.3, 0.4) is 0 Å². The molecule has 0 radical (unpaired) electrons. The number of nitrogens with one attached hydrogen (secondary N) is 2. The molecule has 2 amide bonds. The number of halogens is 2. The number of rotatable bonds is 8. The summed E-state index contributed by atoms with van der Waals surface area (Å²) in [5, 5.41) is 6.98. The van der Waals surface area contributed by atoms with Crippen molar-refractivity contribution in [2.75, 3.05) is 7.05 Å². The Morgan fingerprint density at radius 2 is 1.54 bits per heavy atom. The monoisotopic (exact) mass is 568 g/mol. The maximum Gasteiger partial charge on any atom is 0.255 e. The molecule has 5 nitrogen and oxygen atoms in total. The Bertz CT molecular complexity index is 1730. The summed E-state index contributed by atoms with van der Waals surface area (Å²) in [6.45, 7) is 4.13. The second kappa shape index (κ2) is 11.6. The fourth-order valence-corrected chi connectivity index (χ4v) is 5.49. The van der Waals surface area contributed by atoms with Crippen LogP contribution >= 0.6 is 11.6 Å². The van der Waals surface area contributed by atoms with Crippen molar-refractivity contribution in [3.8, 4) is 22.5 Å². The quantitative estimate of drug-likeness (QED) is 0.197. The van der Waals surface area contributed by atoms with Crippen molar-refractivity contribution in [1.29, 1.82) is 0 Å². The molecular formula is C34H30ClFN2O3. The van der Waals surface area contributed by atoms with Crippen LogP contribution in [0.4, 0.5) is 4.39 Å². The van der Waals surface area contributed by atoms with E-state index in [1.165, 1.54) is 12.1 Å². The zero-order valence-corrected chi connectivity index (χ0v) is 23.8. The van der Waals surface area contributed by atoms with E-state index in [4.69, 9.17) is 16.0 Å². The lowest BCUT2D eigenvalue weighted by molar-refractivity contribution is 0.0888. The topological polar surface area (TPSA) is 71.3 Å². The molecule has 2 N–H and O–H groups in total. The highest BCUT2D eigenvalue weighted by molar-refractivity contribution is 6.33. The van der Waals surface area contributed by atoms with E-state index in [1.54, 1.807) is 43.4 Å². The second-order valence-electron chi connectivity index (χ2n) is 9.91. The minimum absolute atomic E-state index is 0.204. The smallest absolute Gasteiger partial charge is 0.255 e. The first kappa shape index (κ1) is 28.1. The lowest BCUT2D eigenvalue weighted by Crippen LogP contribution is -2.45. The van der Waals surface area contributed by atoms with Gasteiger partial charge in [-0.25, -0.2) is 4.39 Å². The molecule has 208 valence electrons. The normalized spacial score (nSPS) is 11.4. The maximum absolute atomic E-state index is 13.6. The molecule has 0 saturated carbocycles. The van der Waals surface area contributed by atoms with Gasteiger partial charge >= 0.3 is 0 Å². The number of carbonyl (C=O) groups is 2. The molecule has 5 rings (SSSR count). The third-order valence-electron chi connectivity index (χ3n) is 7.67. The molecule has 5 aromatic rings. The van der Waals surface area contributed by atoms with E-state index < -0.39 is 5.54 Å². The zero-order valence-electron chi connectivity index (χ0n) is 23.1. The van der Waals surface area contributed by atoms with Crippen LogP contribution in [0, 0.1) is 5.82 Å². The summed E-state index contributed by atoms with van der Waals surface area (Å²) in [7, 11) is 1.54. The third-order valence-corrected chi connectivity index (χ3v) is 8.00. The second-order valence-corrected chi connectivity index (χ2v) is 10.3. The molecule has 0 atom stereocenters. The molecule has 4 aromatic carbocycles. The number of fused-ring (bicyclic) bond motifs is 1. The minimum atomic E-state index is -0.507. The van der Waals surface area contributed by atoms with Crippen molar-refractivity contribution in [2.45, 2.75) is 32.2 Å². The molecule has 7 heteroatoms. The van der Waals surface area contributed by atoms with Gasteiger partial charge in [0, 0.05) is 34.1 Å². The highest BCUT2D eigenvalue weighted by atomic mass is 35.5. The van der Waals surface area contributed by atoms with Crippen molar-refractivity contribution < 1.29 is 18.4 Å². The van der Waals surface area contributed by atoms with Gasteiger partial charge in [-0.3, -0.25) is 9.59 Å². The number of hydrogen-bond acceptors (Lipinski definition) is 3. The Hall–Kier alpha value is -4.42. The molecule has 0 bridgehead atoms. The van der Waals surface area contributed by atoms with Crippen LogP contribution in [0.15, 0.2) is 95.4 Å². The predicted molar refractivity (Wildman–Crippen MR) is 162 cm³/mol. The van der Waals surface area contributed by atoms with Gasteiger partial charge in [-0.15, -0.1) is 0 Å². The number of benzene rings is 4. The largest absolute Gasteiger partial charge is 0.455 e. The molecule has 0 aliphatic heterocycles. The molecule has 41 heavy (non-hydrogen) atoms. The Morgan fingerprint density at radius 1 is 0.854 bits per heavy atom. The molecule has 0 unspecified atom stereocenters. The van der Waals surface area contributed by atoms with Crippen molar-refractivity contribution in [3.63, 3.8) is 0 Å². The standard InChI is InChI=1S/C34H30ClFN2O3/c1-4-34(5-2,24-9-7-6-8-10-24)38-32(39)23-13-17-28(35)26(20-23)22-14-18-29-27(19-22)30(33(40)37-3)31(41-29)21-11-15-25(36)16-12-21/h6-20H,4-5H2,1-3H3,(H,37,40)(H,38,39). The van der Waals surface area contributed by atoms with E-state index in [0.717, 1.165) is 18.4 Å². The summed E-state index contributed by atoms with van der Waals surface area (Å²) >= 11 is 6.65. The van der Waals surface area contributed by atoms with Gasteiger partial charge in [0.05, 0.1) is 11.1 Å². The van der Waals surface area contributed by atoms with Gasteiger partial charge < -0.3 is 15.1 Å². The molecule has 1 aromatic heterocycles. The number of hydrogen-bond donors (Lipinski definition) is 2. The fraction of sp³-hybridized carbons (Fsp3) is 0.176. The van der Waals surface area contributed by atoms with Gasteiger partial charge in [0.1, 0.15) is 17.2 Å². The van der Waals surface area contributed by atoms with E-state index in [2.05, 4.69) is 24.5 Å². The van der Waals surface area contributed by atoms with Crippen molar-refractivity contribution in [3.05, 3.63) is 119 Å². The van der Waals surface area contributed by atoms with Crippen molar-refractivity contribution in [1.82, 2.24) is 10.6 Å².